The second kappa shape index (κ2) is 18.0. The van der Waals surface area contributed by atoms with Crippen molar-refractivity contribution in [2.24, 2.45) is 0 Å². The molecule has 0 rings (SSSR count). The molecule has 0 aromatic carbocycles. The summed E-state index contributed by atoms with van der Waals surface area (Å²) in [6.07, 6.45) is 25.4. The first-order valence-corrected chi connectivity index (χ1v) is 17.3. The van der Waals surface area contributed by atoms with Gasteiger partial charge in [0.25, 0.3) is 0 Å². The summed E-state index contributed by atoms with van der Waals surface area (Å²) in [4.78, 5) is 0. The Labute approximate surface area is 216 Å². The standard InChI is InChI=1S/C33H58Si/c1-27(2)16-12-18-29(5)20-14-21-30(6)22-15-23-32(8)26-33(34(9,10)11)25-24-31(7)19-13-17-28(3)4/h16-17,20,22,24,26,33H,12-15,18-19,21,23,25H2,1-11H3/b29-20+,30-22+,31-24+,32-26+. The summed E-state index contributed by atoms with van der Waals surface area (Å²) in [5.41, 5.74) is 9.77. The summed E-state index contributed by atoms with van der Waals surface area (Å²) in [5, 5.41) is 0. The third-order valence-electron chi connectivity index (χ3n) is 6.56. The van der Waals surface area contributed by atoms with Crippen molar-refractivity contribution in [2.45, 2.75) is 138 Å². The van der Waals surface area contributed by atoms with Crippen LogP contribution in [0.25, 0.3) is 0 Å². The highest BCUT2D eigenvalue weighted by atomic mass is 28.3. The van der Waals surface area contributed by atoms with Gasteiger partial charge in [-0.2, -0.15) is 0 Å². The fraction of sp³-hybridized carbons (Fsp3) is 0.636. The molecule has 0 heterocycles. The van der Waals surface area contributed by atoms with Gasteiger partial charge in [-0.05, 0) is 119 Å². The molecular formula is C33H58Si. The van der Waals surface area contributed by atoms with E-state index < -0.39 is 8.07 Å². The van der Waals surface area contributed by atoms with Gasteiger partial charge in [0.15, 0.2) is 0 Å². The van der Waals surface area contributed by atoms with E-state index >= 15 is 0 Å². The average Bonchev–Trinajstić information content (AvgIpc) is 2.69. The maximum Gasteiger partial charge on any atom is 0.0517 e. The second-order valence-corrected chi connectivity index (χ2v) is 17.6. The van der Waals surface area contributed by atoms with Crippen molar-refractivity contribution in [1.29, 1.82) is 0 Å². The van der Waals surface area contributed by atoms with Crippen molar-refractivity contribution >= 4 is 8.07 Å². The normalized spacial score (nSPS) is 14.8. The molecule has 0 aliphatic carbocycles. The van der Waals surface area contributed by atoms with E-state index in [0.717, 1.165) is 5.54 Å². The zero-order valence-corrected chi connectivity index (χ0v) is 25.9. The molecule has 0 bridgehead atoms. The molecule has 1 heteroatoms. The van der Waals surface area contributed by atoms with Crippen molar-refractivity contribution in [3.8, 4) is 0 Å². The van der Waals surface area contributed by atoms with Crippen LogP contribution in [0, 0.1) is 0 Å². The molecule has 1 atom stereocenters. The van der Waals surface area contributed by atoms with Gasteiger partial charge in [-0.15, -0.1) is 0 Å². The molecule has 34 heavy (non-hydrogen) atoms. The minimum absolute atomic E-state index is 0.732. The summed E-state index contributed by atoms with van der Waals surface area (Å²) in [5.74, 6) is 0. The van der Waals surface area contributed by atoms with Crippen molar-refractivity contribution in [1.82, 2.24) is 0 Å². The summed E-state index contributed by atoms with van der Waals surface area (Å²) >= 11 is 0. The Morgan fingerprint density at radius 3 is 1.24 bits per heavy atom. The Morgan fingerprint density at radius 1 is 0.500 bits per heavy atom. The van der Waals surface area contributed by atoms with Gasteiger partial charge in [0.2, 0.25) is 0 Å². The van der Waals surface area contributed by atoms with Gasteiger partial charge in [0.05, 0.1) is 8.07 Å². The molecule has 0 aromatic rings. The van der Waals surface area contributed by atoms with E-state index in [-0.39, 0.29) is 0 Å². The first-order valence-electron chi connectivity index (χ1n) is 13.7. The van der Waals surface area contributed by atoms with Gasteiger partial charge in [-0.25, -0.2) is 0 Å². The third-order valence-corrected chi connectivity index (χ3v) is 9.19. The molecule has 0 nitrogen and oxygen atoms in total. The van der Waals surface area contributed by atoms with Crippen LogP contribution in [-0.4, -0.2) is 8.07 Å². The van der Waals surface area contributed by atoms with Crippen LogP contribution >= 0.6 is 0 Å². The lowest BCUT2D eigenvalue weighted by atomic mass is 10.0. The predicted molar refractivity (Wildman–Crippen MR) is 163 cm³/mol. The molecule has 0 saturated carbocycles. The maximum absolute atomic E-state index is 2.62. The van der Waals surface area contributed by atoms with Crippen LogP contribution in [0.1, 0.15) is 113 Å². The largest absolute Gasteiger partial charge is 0.0856 e. The van der Waals surface area contributed by atoms with E-state index in [1.54, 1.807) is 11.1 Å². The molecule has 0 aromatic heterocycles. The van der Waals surface area contributed by atoms with E-state index in [0.29, 0.717) is 0 Å². The topological polar surface area (TPSA) is 0 Å². The minimum Gasteiger partial charge on any atom is -0.0856 e. The van der Waals surface area contributed by atoms with Gasteiger partial charge >= 0.3 is 0 Å². The monoisotopic (exact) mass is 482 g/mol. The summed E-state index contributed by atoms with van der Waals surface area (Å²) in [7, 11) is -1.23. The number of rotatable bonds is 16. The number of hydrogen-bond donors (Lipinski definition) is 0. The molecule has 1 unspecified atom stereocenters. The lowest BCUT2D eigenvalue weighted by molar-refractivity contribution is 0.885. The van der Waals surface area contributed by atoms with Crippen LogP contribution in [0.2, 0.25) is 25.2 Å². The lowest BCUT2D eigenvalue weighted by Gasteiger charge is -2.26. The van der Waals surface area contributed by atoms with Gasteiger partial charge in [0.1, 0.15) is 0 Å². The van der Waals surface area contributed by atoms with E-state index in [2.05, 4.69) is 111 Å². The first kappa shape index (κ1) is 32.7. The SMILES string of the molecule is CC(C)=CCC/C(C)=C/CC/C(C)=C/CC/C(C)=C/C(C/C=C(\C)CCC=C(C)C)[Si](C)(C)C. The lowest BCUT2D eigenvalue weighted by Crippen LogP contribution is -2.26. The van der Waals surface area contributed by atoms with E-state index in [1.807, 2.05) is 0 Å². The Bertz CT molecular complexity index is 751. The van der Waals surface area contributed by atoms with Crippen LogP contribution in [0.5, 0.6) is 0 Å². The van der Waals surface area contributed by atoms with Crippen LogP contribution in [0.4, 0.5) is 0 Å². The van der Waals surface area contributed by atoms with Crippen molar-refractivity contribution in [3.05, 3.63) is 69.9 Å². The predicted octanol–water partition coefficient (Wildman–Crippen LogP) is 11.9. The molecule has 0 saturated heterocycles. The molecule has 0 aliphatic heterocycles. The van der Waals surface area contributed by atoms with Crippen LogP contribution in [0.3, 0.4) is 0 Å². The van der Waals surface area contributed by atoms with E-state index in [4.69, 9.17) is 0 Å². The Morgan fingerprint density at radius 2 is 0.853 bits per heavy atom. The molecule has 0 radical (unpaired) electrons. The molecule has 0 N–H and O–H groups in total. The number of allylic oxidation sites excluding steroid dienone is 12. The summed E-state index contributed by atoms with van der Waals surface area (Å²) in [6, 6.07) is 0. The van der Waals surface area contributed by atoms with Crippen LogP contribution in [0.15, 0.2) is 69.9 Å². The highest BCUT2D eigenvalue weighted by Gasteiger charge is 2.23. The Balaban J connectivity index is 4.69. The van der Waals surface area contributed by atoms with Crippen LogP contribution < -0.4 is 0 Å². The highest BCUT2D eigenvalue weighted by Crippen LogP contribution is 2.30. The molecule has 0 fully saturated rings. The molecule has 0 amide bonds. The fourth-order valence-corrected chi connectivity index (χ4v) is 5.61. The van der Waals surface area contributed by atoms with Crippen molar-refractivity contribution in [3.63, 3.8) is 0 Å². The molecule has 0 spiro atoms. The van der Waals surface area contributed by atoms with Crippen LogP contribution in [-0.2, 0) is 0 Å². The Kier molecular flexibility index (Phi) is 17.3. The van der Waals surface area contributed by atoms with Crippen molar-refractivity contribution < 1.29 is 0 Å². The first-order chi connectivity index (χ1) is 15.8. The molecular weight excluding hydrogens is 424 g/mol. The summed E-state index contributed by atoms with van der Waals surface area (Å²) in [6.45, 7) is 25.5. The zero-order valence-electron chi connectivity index (χ0n) is 24.9. The van der Waals surface area contributed by atoms with Crippen molar-refractivity contribution in [2.75, 3.05) is 0 Å². The van der Waals surface area contributed by atoms with E-state index in [9.17, 15) is 0 Å². The van der Waals surface area contributed by atoms with Gasteiger partial charge in [-0.3, -0.25) is 0 Å². The zero-order chi connectivity index (χ0) is 26.1. The third kappa shape index (κ3) is 19.0. The van der Waals surface area contributed by atoms with Gasteiger partial charge in [0, 0.05) is 0 Å². The smallest absolute Gasteiger partial charge is 0.0517 e. The highest BCUT2D eigenvalue weighted by molar-refractivity contribution is 6.78. The fourth-order valence-electron chi connectivity index (χ4n) is 4.00. The number of hydrogen-bond acceptors (Lipinski definition) is 0. The quantitative estimate of drug-likeness (QED) is 0.151. The molecule has 194 valence electrons. The molecule has 0 aliphatic rings. The van der Waals surface area contributed by atoms with Gasteiger partial charge < -0.3 is 0 Å². The summed E-state index contributed by atoms with van der Waals surface area (Å²) < 4.78 is 0. The van der Waals surface area contributed by atoms with E-state index in [1.165, 1.54) is 80.1 Å². The second-order valence-electron chi connectivity index (χ2n) is 12.1. The maximum atomic E-state index is 2.62. The van der Waals surface area contributed by atoms with Gasteiger partial charge in [-0.1, -0.05) is 89.5 Å². The average molecular weight is 483 g/mol. The Hall–Kier alpha value is -1.34. The minimum atomic E-state index is -1.23.